The number of carbonyl (C=O) groups is 1. The van der Waals surface area contributed by atoms with E-state index in [4.69, 9.17) is 11.6 Å². The minimum atomic E-state index is -0.277. The van der Waals surface area contributed by atoms with Crippen LogP contribution < -0.4 is 10.6 Å². The van der Waals surface area contributed by atoms with Crippen LogP contribution in [0.4, 0.5) is 17.3 Å². The van der Waals surface area contributed by atoms with Crippen molar-refractivity contribution in [2.24, 2.45) is 0 Å². The Balaban J connectivity index is 1.71. The molecule has 0 aliphatic heterocycles. The minimum absolute atomic E-state index is 0.277. The molecule has 0 fully saturated rings. The van der Waals surface area contributed by atoms with E-state index in [0.29, 0.717) is 22.2 Å². The Morgan fingerprint density at radius 3 is 2.16 bits per heavy atom. The lowest BCUT2D eigenvalue weighted by molar-refractivity contribution is 0.102. The summed E-state index contributed by atoms with van der Waals surface area (Å²) >= 11 is 5.83. The number of hydrogen-bond donors (Lipinski definition) is 2. The third kappa shape index (κ3) is 4.14. The number of halogens is 1. The zero-order valence-corrected chi connectivity index (χ0v) is 14.6. The lowest BCUT2D eigenvalue weighted by Gasteiger charge is -2.11. The summed E-state index contributed by atoms with van der Waals surface area (Å²) in [5.74, 6) is 0.168. The van der Waals surface area contributed by atoms with E-state index in [9.17, 15) is 4.79 Å². The van der Waals surface area contributed by atoms with Crippen LogP contribution in [0.2, 0.25) is 5.02 Å². The van der Waals surface area contributed by atoms with Crippen LogP contribution in [0.5, 0.6) is 0 Å². The highest BCUT2D eigenvalue weighted by Crippen LogP contribution is 2.22. The molecule has 3 aromatic rings. The molecule has 126 valence electrons. The van der Waals surface area contributed by atoms with Crippen molar-refractivity contribution in [3.05, 3.63) is 76.6 Å². The highest BCUT2D eigenvalue weighted by atomic mass is 35.5. The predicted molar refractivity (Wildman–Crippen MR) is 101 cm³/mol. The fraction of sp³-hybridized carbons (Fsp3) is 0.105. The SMILES string of the molecule is Cc1cccc(C)c1Nc1ncc(C(=O)Nc2ccc(Cl)cc2)cn1. The number of benzene rings is 2. The summed E-state index contributed by atoms with van der Waals surface area (Å²) in [5.41, 5.74) is 4.22. The molecule has 1 amide bonds. The average Bonchev–Trinajstić information content (AvgIpc) is 2.61. The Morgan fingerprint density at radius 2 is 1.56 bits per heavy atom. The van der Waals surface area contributed by atoms with Crippen molar-refractivity contribution in [3.63, 3.8) is 0 Å². The minimum Gasteiger partial charge on any atom is -0.324 e. The smallest absolute Gasteiger partial charge is 0.258 e. The van der Waals surface area contributed by atoms with Crippen molar-refractivity contribution in [1.29, 1.82) is 0 Å². The number of anilines is 3. The molecule has 0 unspecified atom stereocenters. The van der Waals surface area contributed by atoms with E-state index in [1.165, 1.54) is 12.4 Å². The van der Waals surface area contributed by atoms with Gasteiger partial charge in [-0.15, -0.1) is 0 Å². The van der Waals surface area contributed by atoms with E-state index in [1.54, 1.807) is 24.3 Å². The van der Waals surface area contributed by atoms with Gasteiger partial charge in [0.25, 0.3) is 5.91 Å². The first-order chi connectivity index (χ1) is 12.0. The molecule has 25 heavy (non-hydrogen) atoms. The highest BCUT2D eigenvalue weighted by Gasteiger charge is 2.09. The van der Waals surface area contributed by atoms with Gasteiger partial charge in [-0.25, -0.2) is 9.97 Å². The molecule has 0 saturated carbocycles. The molecule has 0 bridgehead atoms. The zero-order valence-electron chi connectivity index (χ0n) is 13.9. The summed E-state index contributed by atoms with van der Waals surface area (Å²) < 4.78 is 0. The molecule has 0 aliphatic carbocycles. The second-order valence-electron chi connectivity index (χ2n) is 5.65. The maximum absolute atomic E-state index is 12.2. The van der Waals surface area contributed by atoms with Gasteiger partial charge in [0.1, 0.15) is 0 Å². The normalized spacial score (nSPS) is 10.4. The zero-order chi connectivity index (χ0) is 17.8. The van der Waals surface area contributed by atoms with Crippen LogP contribution in [0.3, 0.4) is 0 Å². The van der Waals surface area contributed by atoms with Crippen molar-refractivity contribution < 1.29 is 4.79 Å². The van der Waals surface area contributed by atoms with E-state index in [2.05, 4.69) is 20.6 Å². The van der Waals surface area contributed by atoms with E-state index >= 15 is 0 Å². The molecular weight excluding hydrogens is 336 g/mol. The molecule has 3 rings (SSSR count). The average molecular weight is 353 g/mol. The number of hydrogen-bond acceptors (Lipinski definition) is 4. The molecular formula is C19H17ClN4O. The van der Waals surface area contributed by atoms with Crippen LogP contribution in [0.25, 0.3) is 0 Å². The van der Waals surface area contributed by atoms with Crippen molar-refractivity contribution >= 4 is 34.8 Å². The number of rotatable bonds is 4. The first-order valence-corrected chi connectivity index (χ1v) is 8.13. The van der Waals surface area contributed by atoms with E-state index < -0.39 is 0 Å². The van der Waals surface area contributed by atoms with Gasteiger partial charge in [0.2, 0.25) is 5.95 Å². The van der Waals surface area contributed by atoms with Crippen molar-refractivity contribution in [2.75, 3.05) is 10.6 Å². The van der Waals surface area contributed by atoms with Crippen molar-refractivity contribution in [2.45, 2.75) is 13.8 Å². The number of nitrogens with one attached hydrogen (secondary N) is 2. The summed E-state index contributed by atoms with van der Waals surface area (Å²) in [7, 11) is 0. The fourth-order valence-corrected chi connectivity index (χ4v) is 2.50. The number of aryl methyl sites for hydroxylation is 2. The van der Waals surface area contributed by atoms with Crippen LogP contribution in [0.15, 0.2) is 54.9 Å². The number of aromatic nitrogens is 2. The Bertz CT molecular complexity index is 872. The summed E-state index contributed by atoms with van der Waals surface area (Å²) in [6, 6.07) is 12.9. The van der Waals surface area contributed by atoms with Gasteiger partial charge in [-0.2, -0.15) is 0 Å². The van der Waals surface area contributed by atoms with Crippen LogP contribution >= 0.6 is 11.6 Å². The van der Waals surface area contributed by atoms with Crippen molar-refractivity contribution in [3.8, 4) is 0 Å². The summed E-state index contributed by atoms with van der Waals surface area (Å²) in [6.45, 7) is 4.03. The summed E-state index contributed by atoms with van der Waals surface area (Å²) in [4.78, 5) is 20.7. The van der Waals surface area contributed by atoms with Gasteiger partial charge in [0, 0.05) is 28.8 Å². The van der Waals surface area contributed by atoms with E-state index in [-0.39, 0.29) is 5.91 Å². The van der Waals surface area contributed by atoms with Crippen molar-refractivity contribution in [1.82, 2.24) is 9.97 Å². The summed E-state index contributed by atoms with van der Waals surface area (Å²) in [5, 5.41) is 6.58. The molecule has 0 aliphatic rings. The summed E-state index contributed by atoms with van der Waals surface area (Å²) in [6.07, 6.45) is 2.99. The standard InChI is InChI=1S/C19H17ClN4O/c1-12-4-3-5-13(2)17(12)24-19-21-10-14(11-22-19)18(25)23-16-8-6-15(20)7-9-16/h3-11H,1-2H3,(H,23,25)(H,21,22,24). The molecule has 0 spiro atoms. The number of para-hydroxylation sites is 1. The molecule has 6 heteroatoms. The highest BCUT2D eigenvalue weighted by molar-refractivity contribution is 6.30. The van der Waals surface area contributed by atoms with E-state index in [1.807, 2.05) is 32.0 Å². The molecule has 2 N–H and O–H groups in total. The molecule has 5 nitrogen and oxygen atoms in total. The molecule has 0 saturated heterocycles. The van der Waals surface area contributed by atoms with Gasteiger partial charge in [-0.3, -0.25) is 4.79 Å². The first kappa shape index (κ1) is 16.9. The molecule has 1 heterocycles. The molecule has 0 radical (unpaired) electrons. The van der Waals surface area contributed by atoms with Gasteiger partial charge < -0.3 is 10.6 Å². The second kappa shape index (κ2) is 7.32. The van der Waals surface area contributed by atoms with Crippen LogP contribution in [-0.4, -0.2) is 15.9 Å². The molecule has 2 aromatic carbocycles. The number of nitrogens with zero attached hydrogens (tertiary/aromatic N) is 2. The van der Waals surface area contributed by atoms with Crippen LogP contribution in [0, 0.1) is 13.8 Å². The maximum Gasteiger partial charge on any atom is 0.258 e. The van der Waals surface area contributed by atoms with Gasteiger partial charge in [-0.1, -0.05) is 29.8 Å². The Kier molecular flexibility index (Phi) is 4.95. The Hall–Kier alpha value is -2.92. The third-order valence-electron chi connectivity index (χ3n) is 3.73. The topological polar surface area (TPSA) is 66.9 Å². The molecule has 1 aromatic heterocycles. The number of amides is 1. The quantitative estimate of drug-likeness (QED) is 0.711. The third-order valence-corrected chi connectivity index (χ3v) is 3.99. The lowest BCUT2D eigenvalue weighted by atomic mass is 10.1. The maximum atomic E-state index is 12.2. The Labute approximate surface area is 151 Å². The molecule has 0 atom stereocenters. The monoisotopic (exact) mass is 352 g/mol. The first-order valence-electron chi connectivity index (χ1n) is 7.75. The van der Waals surface area contributed by atoms with Gasteiger partial charge in [0.15, 0.2) is 0 Å². The predicted octanol–water partition coefficient (Wildman–Crippen LogP) is 4.74. The van der Waals surface area contributed by atoms with Gasteiger partial charge in [0.05, 0.1) is 5.56 Å². The number of carbonyl (C=O) groups excluding carboxylic acids is 1. The second-order valence-corrected chi connectivity index (χ2v) is 6.08. The fourth-order valence-electron chi connectivity index (χ4n) is 2.37. The van der Waals surface area contributed by atoms with Crippen LogP contribution in [-0.2, 0) is 0 Å². The van der Waals surface area contributed by atoms with Crippen LogP contribution in [0.1, 0.15) is 21.5 Å². The van der Waals surface area contributed by atoms with E-state index in [0.717, 1.165) is 16.8 Å². The lowest BCUT2D eigenvalue weighted by Crippen LogP contribution is -2.13. The largest absolute Gasteiger partial charge is 0.324 e. The Morgan fingerprint density at radius 1 is 0.960 bits per heavy atom. The van der Waals surface area contributed by atoms with Gasteiger partial charge in [-0.05, 0) is 49.2 Å². The van der Waals surface area contributed by atoms with Gasteiger partial charge >= 0.3 is 0 Å².